The standard InChI is InChI=1S/C14H15P.C11H18N2O3.Na/c1-11-7-6-10-14(12(11)2)15-13-8-4-3-5-9-13;1-4-6-7(3)11(5-2)8(14)12-10(16)13-9(11)15;/h3-10,15H,1-2H3;7H,4-6H2,1-3H3,(H2,12,13,14,15,16);/q;;+1/p-1. The van der Waals surface area contributed by atoms with Gasteiger partial charge in [0.25, 0.3) is 5.91 Å². The van der Waals surface area contributed by atoms with Crippen LogP contribution in [0.1, 0.15) is 51.2 Å². The van der Waals surface area contributed by atoms with E-state index in [4.69, 9.17) is 0 Å². The average Bonchev–Trinajstić information content (AvgIpc) is 2.73. The summed E-state index contributed by atoms with van der Waals surface area (Å²) in [4.78, 5) is 27.1. The molecule has 0 fully saturated rings. The molecular formula is C25H32N2NaO3P. The summed E-state index contributed by atoms with van der Waals surface area (Å²) in [6, 6.07) is 16.4. The van der Waals surface area contributed by atoms with Gasteiger partial charge in [0.2, 0.25) is 5.91 Å². The zero-order valence-electron chi connectivity index (χ0n) is 20.0. The van der Waals surface area contributed by atoms with E-state index in [1.807, 2.05) is 13.8 Å². The Morgan fingerprint density at radius 2 is 1.72 bits per heavy atom. The summed E-state index contributed by atoms with van der Waals surface area (Å²) in [5.74, 6) is -1.20. The van der Waals surface area contributed by atoms with Gasteiger partial charge in [-0.25, -0.2) is 4.99 Å². The molecule has 3 rings (SSSR count). The number of hydrogen-bond donors (Lipinski definition) is 1. The van der Waals surface area contributed by atoms with Crippen LogP contribution in [-0.2, 0) is 9.59 Å². The van der Waals surface area contributed by atoms with E-state index in [2.05, 4.69) is 72.7 Å². The zero-order chi connectivity index (χ0) is 23.0. The first kappa shape index (κ1) is 28.5. The van der Waals surface area contributed by atoms with Crippen LogP contribution in [0.2, 0.25) is 0 Å². The van der Waals surface area contributed by atoms with Crippen LogP contribution in [0, 0.1) is 25.2 Å². The van der Waals surface area contributed by atoms with Gasteiger partial charge in [-0.1, -0.05) is 84.3 Å². The fourth-order valence-corrected chi connectivity index (χ4v) is 5.10. The number of nitrogens with zero attached hydrogens (tertiary/aromatic N) is 1. The van der Waals surface area contributed by atoms with Crippen molar-refractivity contribution in [1.82, 2.24) is 5.32 Å². The van der Waals surface area contributed by atoms with Crippen LogP contribution in [0.25, 0.3) is 0 Å². The molecule has 3 atom stereocenters. The molecule has 0 radical (unpaired) electrons. The molecule has 166 valence electrons. The summed E-state index contributed by atoms with van der Waals surface area (Å²) in [6.45, 7) is 10.0. The van der Waals surface area contributed by atoms with Crippen molar-refractivity contribution < 1.29 is 44.3 Å². The molecule has 0 aliphatic carbocycles. The van der Waals surface area contributed by atoms with Crippen molar-refractivity contribution in [1.29, 1.82) is 0 Å². The predicted molar refractivity (Wildman–Crippen MR) is 127 cm³/mol. The van der Waals surface area contributed by atoms with Gasteiger partial charge in [0.15, 0.2) is 0 Å². The van der Waals surface area contributed by atoms with Crippen LogP contribution >= 0.6 is 8.58 Å². The number of carbonyl (C=O) groups excluding carboxylic acids is 2. The number of hydrogen-bond acceptors (Lipinski definition) is 3. The van der Waals surface area contributed by atoms with Crippen molar-refractivity contribution in [3.8, 4) is 0 Å². The largest absolute Gasteiger partial charge is 1.00 e. The second-order valence-electron chi connectivity index (χ2n) is 7.93. The Hall–Kier alpha value is -1.52. The molecule has 1 aliphatic rings. The van der Waals surface area contributed by atoms with Gasteiger partial charge in [-0.3, -0.25) is 9.59 Å². The molecule has 2 aromatic rings. The number of benzene rings is 2. The quantitative estimate of drug-likeness (QED) is 0.377. The normalized spacial score (nSPS) is 18.8. The van der Waals surface area contributed by atoms with E-state index in [0.717, 1.165) is 21.4 Å². The molecule has 1 heterocycles. The molecule has 5 nitrogen and oxygen atoms in total. The number of aliphatic imine (C=N–C) groups is 1. The van der Waals surface area contributed by atoms with E-state index < -0.39 is 23.3 Å². The Balaban J connectivity index is 0.000000311. The van der Waals surface area contributed by atoms with Gasteiger partial charge in [-0.15, -0.1) is 0 Å². The number of amidine groups is 1. The molecule has 32 heavy (non-hydrogen) atoms. The summed E-state index contributed by atoms with van der Waals surface area (Å²) in [5, 5.41) is 15.9. The number of aryl methyl sites for hydroxylation is 1. The molecule has 7 heteroatoms. The maximum atomic E-state index is 11.9. The first-order chi connectivity index (χ1) is 14.8. The van der Waals surface area contributed by atoms with Crippen molar-refractivity contribution >= 4 is 37.0 Å². The minimum atomic E-state index is -1.15. The molecule has 2 aromatic carbocycles. The molecule has 0 saturated heterocycles. The minimum Gasteiger partial charge on any atom is -0.846 e. The molecule has 1 N–H and O–H groups in total. The van der Waals surface area contributed by atoms with Crippen LogP contribution in [0.5, 0.6) is 0 Å². The molecule has 0 bridgehead atoms. The third-order valence-corrected chi connectivity index (χ3v) is 7.42. The van der Waals surface area contributed by atoms with Crippen LogP contribution in [-0.4, -0.2) is 17.8 Å². The van der Waals surface area contributed by atoms with Crippen LogP contribution < -0.4 is 50.6 Å². The Kier molecular flexibility index (Phi) is 11.8. The SMILES string of the molecule is CCCC(C)C1(CC)C(=O)N=C([O-])NC1=O.Cc1cccc(Pc2ccccc2)c1C.[Na+]. The first-order valence-corrected chi connectivity index (χ1v) is 11.8. The first-order valence-electron chi connectivity index (χ1n) is 10.8. The van der Waals surface area contributed by atoms with E-state index in [9.17, 15) is 14.7 Å². The van der Waals surface area contributed by atoms with Crippen molar-refractivity contribution in [3.05, 3.63) is 59.7 Å². The van der Waals surface area contributed by atoms with E-state index in [1.165, 1.54) is 21.7 Å². The van der Waals surface area contributed by atoms with Crippen molar-refractivity contribution in [2.75, 3.05) is 0 Å². The Morgan fingerprint density at radius 3 is 2.28 bits per heavy atom. The Bertz CT molecular complexity index is 949. The maximum Gasteiger partial charge on any atom is 1.00 e. The fourth-order valence-electron chi connectivity index (χ4n) is 3.86. The molecule has 3 unspecified atom stereocenters. The van der Waals surface area contributed by atoms with Crippen molar-refractivity contribution in [3.63, 3.8) is 0 Å². The zero-order valence-corrected chi connectivity index (χ0v) is 23.0. The number of amides is 2. The van der Waals surface area contributed by atoms with E-state index >= 15 is 0 Å². The summed E-state index contributed by atoms with van der Waals surface area (Å²) < 4.78 is 0. The third-order valence-electron chi connectivity index (χ3n) is 5.99. The third kappa shape index (κ3) is 6.74. The van der Waals surface area contributed by atoms with Crippen molar-refractivity contribution in [2.24, 2.45) is 16.3 Å². The number of nitrogens with one attached hydrogen (secondary N) is 1. The minimum absolute atomic E-state index is 0. The number of carbonyl (C=O) groups is 2. The van der Waals surface area contributed by atoms with E-state index in [-0.39, 0.29) is 35.5 Å². The fraction of sp³-hybridized carbons (Fsp3) is 0.400. The summed E-state index contributed by atoms with van der Waals surface area (Å²) >= 11 is 0. The van der Waals surface area contributed by atoms with Gasteiger partial charge in [0, 0.05) is 0 Å². The van der Waals surface area contributed by atoms with Crippen molar-refractivity contribution in [2.45, 2.75) is 53.9 Å². The molecular weight excluding hydrogens is 430 g/mol. The van der Waals surface area contributed by atoms with Gasteiger partial charge >= 0.3 is 29.6 Å². The number of rotatable bonds is 6. The van der Waals surface area contributed by atoms with Gasteiger partial charge in [-0.05, 0) is 54.3 Å². The molecule has 1 aliphatic heterocycles. The summed E-state index contributed by atoms with van der Waals surface area (Å²) in [7, 11) is 0.772. The van der Waals surface area contributed by atoms with Crippen LogP contribution in [0.4, 0.5) is 0 Å². The monoisotopic (exact) mass is 462 g/mol. The Morgan fingerprint density at radius 1 is 1.06 bits per heavy atom. The molecule has 0 aromatic heterocycles. The van der Waals surface area contributed by atoms with Gasteiger partial charge < -0.3 is 10.4 Å². The molecule has 0 spiro atoms. The summed E-state index contributed by atoms with van der Waals surface area (Å²) in [6.07, 6.45) is 2.02. The molecule has 0 saturated carbocycles. The van der Waals surface area contributed by atoms with E-state index in [0.29, 0.717) is 6.42 Å². The predicted octanol–water partition coefficient (Wildman–Crippen LogP) is 0.128. The topological polar surface area (TPSA) is 81.6 Å². The second kappa shape index (κ2) is 13.3. The van der Waals surface area contributed by atoms with Crippen LogP contribution in [0.3, 0.4) is 0 Å². The second-order valence-corrected chi connectivity index (χ2v) is 9.30. The van der Waals surface area contributed by atoms with Gasteiger partial charge in [0.1, 0.15) is 5.41 Å². The molecule has 2 amide bonds. The van der Waals surface area contributed by atoms with Gasteiger partial charge in [0.05, 0.1) is 6.02 Å². The van der Waals surface area contributed by atoms with E-state index in [1.54, 1.807) is 6.92 Å². The maximum absolute atomic E-state index is 11.9. The smallest absolute Gasteiger partial charge is 0.846 e. The Labute approximate surface area is 215 Å². The summed E-state index contributed by atoms with van der Waals surface area (Å²) in [5.41, 5.74) is 1.67. The average molecular weight is 463 g/mol. The van der Waals surface area contributed by atoms with Gasteiger partial charge in [-0.2, -0.15) is 0 Å². The van der Waals surface area contributed by atoms with Crippen LogP contribution in [0.15, 0.2) is 53.5 Å².